The first kappa shape index (κ1) is 14.0. The molecule has 2 unspecified atom stereocenters. The monoisotopic (exact) mass is 227 g/mol. The highest BCUT2D eigenvalue weighted by Gasteiger charge is 2.22. The molecule has 1 rings (SSSR count). The van der Waals surface area contributed by atoms with Crippen molar-refractivity contribution < 1.29 is 4.74 Å². The van der Waals surface area contributed by atoms with Crippen LogP contribution in [0.5, 0.6) is 0 Å². The van der Waals surface area contributed by atoms with Gasteiger partial charge in [0.05, 0.1) is 6.61 Å². The Balaban J connectivity index is 2.27. The maximum absolute atomic E-state index is 5.60. The van der Waals surface area contributed by atoms with Crippen molar-refractivity contribution in [2.75, 3.05) is 19.8 Å². The van der Waals surface area contributed by atoms with Gasteiger partial charge in [0.2, 0.25) is 0 Å². The molecule has 2 atom stereocenters. The van der Waals surface area contributed by atoms with Crippen LogP contribution < -0.4 is 5.32 Å². The van der Waals surface area contributed by atoms with Gasteiger partial charge < -0.3 is 10.1 Å². The zero-order valence-corrected chi connectivity index (χ0v) is 11.3. The summed E-state index contributed by atoms with van der Waals surface area (Å²) in [4.78, 5) is 0. The molecule has 1 N–H and O–H groups in total. The molecule has 1 heterocycles. The molecule has 1 aliphatic heterocycles. The maximum atomic E-state index is 5.60. The Morgan fingerprint density at radius 3 is 2.69 bits per heavy atom. The Kier molecular flexibility index (Phi) is 7.06. The number of hydrogen-bond acceptors (Lipinski definition) is 2. The van der Waals surface area contributed by atoms with E-state index in [-0.39, 0.29) is 0 Å². The minimum absolute atomic E-state index is 0.684. The van der Waals surface area contributed by atoms with E-state index in [9.17, 15) is 0 Å². The predicted octanol–water partition coefficient (Wildman–Crippen LogP) is 3.22. The van der Waals surface area contributed by atoms with Crippen molar-refractivity contribution in [1.29, 1.82) is 0 Å². The Morgan fingerprint density at radius 1 is 1.31 bits per heavy atom. The van der Waals surface area contributed by atoms with Gasteiger partial charge in [-0.05, 0) is 37.6 Å². The molecule has 2 nitrogen and oxygen atoms in total. The fraction of sp³-hybridized carbons (Fsp3) is 1.00. The molecule has 0 spiro atoms. The molecular formula is C14H29NO. The fourth-order valence-corrected chi connectivity index (χ4v) is 2.60. The first-order valence-electron chi connectivity index (χ1n) is 7.05. The molecule has 0 aromatic carbocycles. The van der Waals surface area contributed by atoms with Gasteiger partial charge in [-0.1, -0.05) is 33.6 Å². The van der Waals surface area contributed by atoms with E-state index in [0.29, 0.717) is 6.04 Å². The first-order chi connectivity index (χ1) is 7.74. The first-order valence-corrected chi connectivity index (χ1v) is 7.05. The number of nitrogens with one attached hydrogen (secondary N) is 1. The SMILES string of the molecule is CCNC(CCCC(C)C)C1CCCOC1. The molecule has 0 aromatic heterocycles. The van der Waals surface area contributed by atoms with E-state index in [1.165, 1.54) is 32.1 Å². The van der Waals surface area contributed by atoms with E-state index in [2.05, 4.69) is 26.1 Å². The van der Waals surface area contributed by atoms with Gasteiger partial charge in [-0.15, -0.1) is 0 Å². The van der Waals surface area contributed by atoms with Crippen molar-refractivity contribution in [1.82, 2.24) is 5.32 Å². The van der Waals surface area contributed by atoms with Gasteiger partial charge in [0.25, 0.3) is 0 Å². The second-order valence-corrected chi connectivity index (χ2v) is 5.47. The molecule has 1 fully saturated rings. The van der Waals surface area contributed by atoms with Crippen LogP contribution >= 0.6 is 0 Å². The number of hydrogen-bond donors (Lipinski definition) is 1. The molecule has 0 bridgehead atoms. The Bertz CT molecular complexity index is 164. The Morgan fingerprint density at radius 2 is 2.12 bits per heavy atom. The summed E-state index contributed by atoms with van der Waals surface area (Å²) >= 11 is 0. The van der Waals surface area contributed by atoms with Crippen LogP contribution in [-0.4, -0.2) is 25.8 Å². The number of rotatable bonds is 7. The van der Waals surface area contributed by atoms with E-state index in [1.54, 1.807) is 0 Å². The highest BCUT2D eigenvalue weighted by molar-refractivity contribution is 4.78. The zero-order chi connectivity index (χ0) is 11.8. The third-order valence-corrected chi connectivity index (χ3v) is 3.53. The summed E-state index contributed by atoms with van der Waals surface area (Å²) in [5.74, 6) is 1.59. The van der Waals surface area contributed by atoms with Crippen molar-refractivity contribution in [3.05, 3.63) is 0 Å². The molecule has 2 heteroatoms. The van der Waals surface area contributed by atoms with Gasteiger partial charge in [-0.25, -0.2) is 0 Å². The van der Waals surface area contributed by atoms with E-state index in [0.717, 1.165) is 31.6 Å². The molecule has 0 saturated carbocycles. The molecule has 1 aliphatic rings. The van der Waals surface area contributed by atoms with Gasteiger partial charge in [-0.3, -0.25) is 0 Å². The summed E-state index contributed by atoms with van der Waals surface area (Å²) in [5, 5.41) is 3.65. The summed E-state index contributed by atoms with van der Waals surface area (Å²) < 4.78 is 5.60. The van der Waals surface area contributed by atoms with Gasteiger partial charge in [0.1, 0.15) is 0 Å². The predicted molar refractivity (Wildman–Crippen MR) is 69.7 cm³/mol. The minimum atomic E-state index is 0.684. The van der Waals surface area contributed by atoms with Crippen molar-refractivity contribution in [3.63, 3.8) is 0 Å². The third-order valence-electron chi connectivity index (χ3n) is 3.53. The van der Waals surface area contributed by atoms with Crippen LogP contribution in [0.25, 0.3) is 0 Å². The smallest absolute Gasteiger partial charge is 0.0509 e. The molecule has 0 aromatic rings. The average molecular weight is 227 g/mol. The van der Waals surface area contributed by atoms with Crippen LogP contribution in [0, 0.1) is 11.8 Å². The molecule has 0 amide bonds. The molecule has 1 saturated heterocycles. The van der Waals surface area contributed by atoms with Crippen LogP contribution in [0.1, 0.15) is 52.9 Å². The highest BCUT2D eigenvalue weighted by Crippen LogP contribution is 2.21. The molecule has 0 aliphatic carbocycles. The second-order valence-electron chi connectivity index (χ2n) is 5.47. The second kappa shape index (κ2) is 8.08. The van der Waals surface area contributed by atoms with Crippen LogP contribution in [0.2, 0.25) is 0 Å². The third kappa shape index (κ3) is 5.31. The van der Waals surface area contributed by atoms with Gasteiger partial charge >= 0.3 is 0 Å². The molecular weight excluding hydrogens is 198 g/mol. The molecule has 96 valence electrons. The van der Waals surface area contributed by atoms with Crippen LogP contribution in [-0.2, 0) is 4.74 Å². The van der Waals surface area contributed by atoms with Crippen molar-refractivity contribution in [2.45, 2.75) is 58.9 Å². The van der Waals surface area contributed by atoms with Crippen molar-refractivity contribution in [3.8, 4) is 0 Å². The van der Waals surface area contributed by atoms with E-state index < -0.39 is 0 Å². The minimum Gasteiger partial charge on any atom is -0.381 e. The zero-order valence-electron chi connectivity index (χ0n) is 11.3. The summed E-state index contributed by atoms with van der Waals surface area (Å²) in [6, 6.07) is 0.684. The lowest BCUT2D eigenvalue weighted by Gasteiger charge is -2.31. The van der Waals surface area contributed by atoms with Crippen molar-refractivity contribution >= 4 is 0 Å². The lowest BCUT2D eigenvalue weighted by Crippen LogP contribution is -2.40. The van der Waals surface area contributed by atoms with Gasteiger partial charge in [0.15, 0.2) is 0 Å². The summed E-state index contributed by atoms with van der Waals surface area (Å²) in [7, 11) is 0. The highest BCUT2D eigenvalue weighted by atomic mass is 16.5. The Hall–Kier alpha value is -0.0800. The molecule has 16 heavy (non-hydrogen) atoms. The topological polar surface area (TPSA) is 21.3 Å². The summed E-state index contributed by atoms with van der Waals surface area (Å²) in [6.45, 7) is 9.86. The lowest BCUT2D eigenvalue weighted by atomic mass is 9.89. The summed E-state index contributed by atoms with van der Waals surface area (Å²) in [5.41, 5.74) is 0. The van der Waals surface area contributed by atoms with Gasteiger partial charge in [-0.2, -0.15) is 0 Å². The van der Waals surface area contributed by atoms with Gasteiger partial charge in [0, 0.05) is 12.6 Å². The Labute approximate surface area is 101 Å². The van der Waals surface area contributed by atoms with E-state index in [4.69, 9.17) is 4.74 Å². The maximum Gasteiger partial charge on any atom is 0.0509 e. The lowest BCUT2D eigenvalue weighted by molar-refractivity contribution is 0.0377. The van der Waals surface area contributed by atoms with E-state index >= 15 is 0 Å². The van der Waals surface area contributed by atoms with Crippen LogP contribution in [0.4, 0.5) is 0 Å². The van der Waals surface area contributed by atoms with Crippen LogP contribution in [0.15, 0.2) is 0 Å². The van der Waals surface area contributed by atoms with Crippen LogP contribution in [0.3, 0.4) is 0 Å². The van der Waals surface area contributed by atoms with E-state index in [1.807, 2.05) is 0 Å². The summed E-state index contributed by atoms with van der Waals surface area (Å²) in [6.07, 6.45) is 6.62. The average Bonchev–Trinajstić information content (AvgIpc) is 2.29. The fourth-order valence-electron chi connectivity index (χ4n) is 2.60. The molecule has 0 radical (unpaired) electrons. The largest absolute Gasteiger partial charge is 0.381 e. The normalized spacial score (nSPS) is 23.6. The standard InChI is InChI=1S/C14H29NO/c1-4-15-14(9-5-7-12(2)3)13-8-6-10-16-11-13/h12-15H,4-11H2,1-3H3. The van der Waals surface area contributed by atoms with Crippen molar-refractivity contribution in [2.24, 2.45) is 11.8 Å². The number of ether oxygens (including phenoxy) is 1. The quantitative estimate of drug-likeness (QED) is 0.721.